The fourth-order valence-electron chi connectivity index (χ4n) is 8.72. The molecule has 1 aromatic carbocycles. The molecule has 4 heterocycles. The van der Waals surface area contributed by atoms with Crippen molar-refractivity contribution in [3.8, 4) is 6.07 Å². The van der Waals surface area contributed by atoms with Crippen LogP contribution in [0.5, 0.6) is 0 Å². The van der Waals surface area contributed by atoms with Crippen LogP contribution < -0.4 is 20.9 Å². The minimum atomic E-state index is -4.82. The highest BCUT2D eigenvalue weighted by atomic mass is 35.5. The highest BCUT2D eigenvalue weighted by molar-refractivity contribution is 7.80. The Morgan fingerprint density at radius 1 is 1.07 bits per heavy atom. The third kappa shape index (κ3) is 9.90. The summed E-state index contributed by atoms with van der Waals surface area (Å²) in [4.78, 5) is 59.2. The summed E-state index contributed by atoms with van der Waals surface area (Å²) in [6.45, 7) is 8.50. The summed E-state index contributed by atoms with van der Waals surface area (Å²) in [6, 6.07) is 9.06. The van der Waals surface area contributed by atoms with Gasteiger partial charge in [-0.2, -0.15) is 18.4 Å². The monoisotopic (exact) mass is 846 g/mol. The van der Waals surface area contributed by atoms with Gasteiger partial charge in [0, 0.05) is 42.5 Å². The number of aromatic nitrogens is 1. The van der Waals surface area contributed by atoms with Gasteiger partial charge < -0.3 is 20.3 Å². The van der Waals surface area contributed by atoms with Gasteiger partial charge in [0.25, 0.3) is 5.91 Å². The maximum atomic E-state index is 13.7. The third-order valence-corrected chi connectivity index (χ3v) is 12.1. The zero-order valence-electron chi connectivity index (χ0n) is 32.9. The largest absolute Gasteiger partial charge is 0.419 e. The molecule has 1 saturated carbocycles. The maximum Gasteiger partial charge on any atom is 0.419 e. The number of anilines is 3. The molecule has 18 heteroatoms. The molecule has 4 amide bonds. The molecular formula is C40H50ClF3N8O5S. The third-order valence-electron chi connectivity index (χ3n) is 11.7. The summed E-state index contributed by atoms with van der Waals surface area (Å²) < 4.78 is 47.5. The van der Waals surface area contributed by atoms with Crippen molar-refractivity contribution in [3.63, 3.8) is 0 Å². The number of hydrogen-bond donors (Lipinski definition) is 3. The van der Waals surface area contributed by atoms with Gasteiger partial charge in [-0.05, 0) is 121 Å². The van der Waals surface area contributed by atoms with Gasteiger partial charge in [-0.1, -0.05) is 6.07 Å². The first kappa shape index (κ1) is 44.7. The van der Waals surface area contributed by atoms with Gasteiger partial charge in [0.05, 0.1) is 30.1 Å². The van der Waals surface area contributed by atoms with Crippen LogP contribution >= 0.6 is 24.6 Å². The van der Waals surface area contributed by atoms with Crippen LogP contribution in [0.15, 0.2) is 36.5 Å². The van der Waals surface area contributed by atoms with Gasteiger partial charge in [-0.25, -0.2) is 4.98 Å². The number of nitriles is 1. The van der Waals surface area contributed by atoms with Crippen LogP contribution in [0.2, 0.25) is 0 Å². The molecule has 1 aromatic heterocycles. The van der Waals surface area contributed by atoms with E-state index in [4.69, 9.17) is 22.2 Å². The number of hydrogen-bond acceptors (Lipinski definition) is 10. The number of thiocarbonyl (C=S) groups is 1. The molecule has 2 aromatic rings. The normalized spacial score (nSPS) is 26.4. The highest BCUT2D eigenvalue weighted by Crippen LogP contribution is 2.41. The van der Waals surface area contributed by atoms with Crippen molar-refractivity contribution in [2.24, 2.45) is 5.92 Å². The quantitative estimate of drug-likeness (QED) is 0.175. The number of benzene rings is 1. The van der Waals surface area contributed by atoms with Crippen LogP contribution in [-0.2, 0) is 30.1 Å². The Hall–Kier alpha value is -4.37. The van der Waals surface area contributed by atoms with Gasteiger partial charge in [0.15, 0.2) is 10.8 Å². The van der Waals surface area contributed by atoms with Gasteiger partial charge in [-0.3, -0.25) is 34.3 Å². The number of rotatable bonds is 11. The Bertz CT molecular complexity index is 1930. The number of ether oxygens (including phenoxy) is 1. The molecular weight excluding hydrogens is 797 g/mol. The first-order chi connectivity index (χ1) is 27.0. The number of halogens is 4. The molecule has 1 aliphatic carbocycles. The minimum absolute atomic E-state index is 0. The Morgan fingerprint density at radius 3 is 2.38 bits per heavy atom. The smallest absolute Gasteiger partial charge is 0.378 e. The lowest BCUT2D eigenvalue weighted by atomic mass is 9.82. The summed E-state index contributed by atoms with van der Waals surface area (Å²) in [5.41, 5.74) is -1.88. The predicted molar refractivity (Wildman–Crippen MR) is 217 cm³/mol. The van der Waals surface area contributed by atoms with Crippen molar-refractivity contribution < 1.29 is 37.1 Å². The van der Waals surface area contributed by atoms with E-state index in [0.717, 1.165) is 62.1 Å². The molecule has 4 atom stereocenters. The standard InChI is InChI=1S/C40H49F3N8O5S.ClH/c1-23-16-30(17-24(2)49(23)22-35(53)47-27-7-5-6-26(18-27)46-32-12-13-34(52)48-36(32)54)56-15-14-25-8-10-28(11-9-25)51-38(57)50(37(55)39(51,3)4)29-19-31(40(41,42)43)33(20-44)45-21-29;/h5-7,18-19,21,23-25,28,30,32,46H,8-17,22H2,1-4H3,(H,47,53)(H,48,52,54);1H/t23-,24+,25?,28?,30?,32?;. The number of piperidine rings is 2. The number of nitrogens with zero attached hydrogens (tertiary/aromatic N) is 5. The van der Waals surface area contributed by atoms with Crippen molar-refractivity contribution in [1.82, 2.24) is 20.1 Å². The van der Waals surface area contributed by atoms with Crippen LogP contribution in [0, 0.1) is 17.2 Å². The van der Waals surface area contributed by atoms with E-state index in [1.165, 1.54) is 6.07 Å². The van der Waals surface area contributed by atoms with Crippen molar-refractivity contribution in [1.29, 1.82) is 5.26 Å². The number of alkyl halides is 3. The summed E-state index contributed by atoms with van der Waals surface area (Å²) in [7, 11) is 0. The van der Waals surface area contributed by atoms with Gasteiger partial charge in [0.1, 0.15) is 17.6 Å². The Balaban J connectivity index is 0.00000641. The van der Waals surface area contributed by atoms with Crippen molar-refractivity contribution in [3.05, 3.63) is 47.8 Å². The predicted octanol–water partition coefficient (Wildman–Crippen LogP) is 6.17. The molecule has 6 rings (SSSR count). The van der Waals surface area contributed by atoms with E-state index in [1.807, 2.05) is 11.0 Å². The number of imide groups is 1. The van der Waals surface area contributed by atoms with Crippen molar-refractivity contribution in [2.45, 2.75) is 127 Å². The summed E-state index contributed by atoms with van der Waals surface area (Å²) in [6.07, 6.45) is 2.79. The lowest BCUT2D eigenvalue weighted by molar-refractivity contribution is -0.138. The van der Waals surface area contributed by atoms with Gasteiger partial charge in [-0.15, -0.1) is 12.4 Å². The van der Waals surface area contributed by atoms with E-state index >= 15 is 0 Å². The molecule has 4 fully saturated rings. The summed E-state index contributed by atoms with van der Waals surface area (Å²) >= 11 is 5.73. The Labute approximate surface area is 347 Å². The van der Waals surface area contributed by atoms with E-state index in [-0.39, 0.29) is 78.1 Å². The minimum Gasteiger partial charge on any atom is -0.378 e. The van der Waals surface area contributed by atoms with Crippen LogP contribution in [0.4, 0.5) is 30.2 Å². The number of amides is 4. The molecule has 3 N–H and O–H groups in total. The van der Waals surface area contributed by atoms with Crippen LogP contribution in [-0.4, -0.2) is 92.5 Å². The lowest BCUT2D eigenvalue weighted by Gasteiger charge is -2.42. The fraction of sp³-hybridized carbons (Fsp3) is 0.575. The van der Waals surface area contributed by atoms with Gasteiger partial charge in [0.2, 0.25) is 17.7 Å². The van der Waals surface area contributed by atoms with Crippen LogP contribution in [0.25, 0.3) is 0 Å². The zero-order chi connectivity index (χ0) is 41.2. The molecule has 3 aliphatic heterocycles. The molecule has 58 heavy (non-hydrogen) atoms. The molecule has 2 unspecified atom stereocenters. The van der Waals surface area contributed by atoms with Gasteiger partial charge >= 0.3 is 6.18 Å². The van der Waals surface area contributed by atoms with E-state index < -0.39 is 34.9 Å². The zero-order valence-corrected chi connectivity index (χ0v) is 34.6. The molecule has 314 valence electrons. The molecule has 0 radical (unpaired) electrons. The average Bonchev–Trinajstić information content (AvgIpc) is 3.32. The summed E-state index contributed by atoms with van der Waals surface area (Å²) in [5, 5.41) is 17.7. The van der Waals surface area contributed by atoms with Crippen LogP contribution in [0.3, 0.4) is 0 Å². The van der Waals surface area contributed by atoms with E-state index in [1.54, 1.807) is 32.0 Å². The first-order valence-corrected chi connectivity index (χ1v) is 19.9. The average molecular weight is 847 g/mol. The molecule has 3 saturated heterocycles. The number of nitrogens with one attached hydrogen (secondary N) is 3. The number of pyridine rings is 1. The topological polar surface area (TPSA) is 160 Å². The SMILES string of the molecule is C[C@@H]1CC(OCCC2CCC(N3C(=S)N(c4cnc(C#N)c(C(F)(F)F)c4)C(=O)C3(C)C)CC2)C[C@H](C)N1CC(=O)Nc1cccc(NC2CCC(=O)NC2=O)c1.Cl. The molecule has 0 spiro atoms. The van der Waals surface area contributed by atoms with E-state index in [0.29, 0.717) is 30.3 Å². The summed E-state index contributed by atoms with van der Waals surface area (Å²) in [5.74, 6) is -0.805. The van der Waals surface area contributed by atoms with Crippen LogP contribution in [0.1, 0.15) is 96.7 Å². The highest BCUT2D eigenvalue weighted by Gasteiger charge is 2.53. The maximum absolute atomic E-state index is 13.7. The number of likely N-dealkylation sites (tertiary alicyclic amines) is 1. The lowest BCUT2D eigenvalue weighted by Crippen LogP contribution is -2.51. The van der Waals surface area contributed by atoms with E-state index in [2.05, 4.69) is 39.7 Å². The number of carbonyl (C=O) groups is 4. The number of carbonyl (C=O) groups excluding carboxylic acids is 4. The second kappa shape index (κ2) is 18.3. The molecule has 4 aliphatic rings. The Kier molecular flexibility index (Phi) is 14.1. The molecule has 13 nitrogen and oxygen atoms in total. The second-order valence-corrected chi connectivity index (χ2v) is 16.5. The molecule has 0 bridgehead atoms. The second-order valence-electron chi connectivity index (χ2n) is 16.1. The van der Waals surface area contributed by atoms with Crippen molar-refractivity contribution in [2.75, 3.05) is 28.7 Å². The van der Waals surface area contributed by atoms with Crippen molar-refractivity contribution >= 4 is 70.4 Å². The first-order valence-electron chi connectivity index (χ1n) is 19.5. The Morgan fingerprint density at radius 2 is 1.74 bits per heavy atom. The fourth-order valence-corrected chi connectivity index (χ4v) is 9.29. The van der Waals surface area contributed by atoms with E-state index in [9.17, 15) is 32.3 Å².